The van der Waals surface area contributed by atoms with Crippen LogP contribution in [0.2, 0.25) is 0 Å². The first kappa shape index (κ1) is 17.3. The Bertz CT molecular complexity index is 457. The Morgan fingerprint density at radius 1 is 1.29 bits per heavy atom. The Morgan fingerprint density at radius 2 is 1.90 bits per heavy atom. The maximum atomic E-state index is 12.5. The minimum absolute atomic E-state index is 0.253. The zero-order valence-electron chi connectivity index (χ0n) is 12.3. The Kier molecular flexibility index (Phi) is 6.51. The molecule has 0 saturated heterocycles. The summed E-state index contributed by atoms with van der Waals surface area (Å²) in [6, 6.07) is 0.766. The number of aryl methyl sites for hydroxylation is 2. The zero-order chi connectivity index (χ0) is 15.9. The van der Waals surface area contributed by atoms with Crippen LogP contribution in [0.4, 0.5) is 18.0 Å². The zero-order valence-corrected chi connectivity index (χ0v) is 12.3. The lowest BCUT2D eigenvalue weighted by Crippen LogP contribution is -2.36. The predicted octanol–water partition coefficient (Wildman–Crippen LogP) is 2.70. The van der Waals surface area contributed by atoms with Crippen LogP contribution in [0, 0.1) is 6.92 Å². The van der Waals surface area contributed by atoms with Gasteiger partial charge in [0.05, 0.1) is 0 Å². The number of halogens is 3. The third-order valence-electron chi connectivity index (χ3n) is 2.92. The number of carbonyl (C=O) groups is 1. The number of aromatic nitrogens is 2. The number of hydrogen-bond acceptors (Lipinski definition) is 2. The molecular weight excluding hydrogens is 285 g/mol. The van der Waals surface area contributed by atoms with E-state index in [4.69, 9.17) is 0 Å². The van der Waals surface area contributed by atoms with Crippen LogP contribution in [0.1, 0.15) is 37.6 Å². The third-order valence-corrected chi connectivity index (χ3v) is 2.92. The van der Waals surface area contributed by atoms with Crippen molar-refractivity contribution in [2.24, 2.45) is 0 Å². The molecule has 0 radical (unpaired) electrons. The lowest BCUT2D eigenvalue weighted by atomic mass is 10.3. The van der Waals surface area contributed by atoms with E-state index < -0.39 is 11.9 Å². The van der Waals surface area contributed by atoms with Gasteiger partial charge >= 0.3 is 12.2 Å². The summed E-state index contributed by atoms with van der Waals surface area (Å²) >= 11 is 0. The largest absolute Gasteiger partial charge is 0.435 e. The lowest BCUT2D eigenvalue weighted by Gasteiger charge is -2.08. The molecule has 0 bridgehead atoms. The van der Waals surface area contributed by atoms with Crippen LogP contribution in [-0.4, -0.2) is 28.9 Å². The Labute approximate surface area is 121 Å². The van der Waals surface area contributed by atoms with E-state index in [1.54, 1.807) is 6.92 Å². The van der Waals surface area contributed by atoms with Crippen LogP contribution >= 0.6 is 0 Å². The van der Waals surface area contributed by atoms with Crippen molar-refractivity contribution in [3.8, 4) is 0 Å². The highest BCUT2D eigenvalue weighted by molar-refractivity contribution is 5.73. The third kappa shape index (κ3) is 6.05. The molecule has 0 fully saturated rings. The van der Waals surface area contributed by atoms with Gasteiger partial charge in [-0.3, -0.25) is 4.68 Å². The maximum absolute atomic E-state index is 12.5. The summed E-state index contributed by atoms with van der Waals surface area (Å²) in [7, 11) is 0. The average Bonchev–Trinajstić information content (AvgIpc) is 2.76. The van der Waals surface area contributed by atoms with Gasteiger partial charge < -0.3 is 10.6 Å². The van der Waals surface area contributed by atoms with Gasteiger partial charge in [0, 0.05) is 25.3 Å². The second kappa shape index (κ2) is 7.90. The first-order valence-electron chi connectivity index (χ1n) is 6.98. The monoisotopic (exact) mass is 306 g/mol. The van der Waals surface area contributed by atoms with Gasteiger partial charge in [-0.05, 0) is 25.8 Å². The van der Waals surface area contributed by atoms with Crippen molar-refractivity contribution in [2.45, 2.75) is 45.8 Å². The number of urea groups is 1. The molecule has 8 heteroatoms. The van der Waals surface area contributed by atoms with Gasteiger partial charge in [-0.15, -0.1) is 0 Å². The molecular formula is C13H21F3N4O. The highest BCUT2D eigenvalue weighted by atomic mass is 19.4. The van der Waals surface area contributed by atoms with Crippen LogP contribution < -0.4 is 10.6 Å². The number of carbonyl (C=O) groups excluding carboxylic acids is 1. The molecule has 5 nitrogen and oxygen atoms in total. The molecule has 2 amide bonds. The fourth-order valence-electron chi connectivity index (χ4n) is 1.75. The highest BCUT2D eigenvalue weighted by Crippen LogP contribution is 2.28. The molecule has 0 aliphatic rings. The highest BCUT2D eigenvalue weighted by Gasteiger charge is 2.34. The van der Waals surface area contributed by atoms with E-state index in [-0.39, 0.29) is 6.03 Å². The van der Waals surface area contributed by atoms with Gasteiger partial charge in [-0.25, -0.2) is 4.79 Å². The second-order valence-electron chi connectivity index (χ2n) is 4.78. The van der Waals surface area contributed by atoms with Crippen molar-refractivity contribution < 1.29 is 18.0 Å². The Morgan fingerprint density at radius 3 is 2.43 bits per heavy atom. The normalized spacial score (nSPS) is 11.5. The van der Waals surface area contributed by atoms with Crippen molar-refractivity contribution in [3.05, 3.63) is 17.5 Å². The molecule has 0 unspecified atom stereocenters. The summed E-state index contributed by atoms with van der Waals surface area (Å²) in [5.41, 5.74) is -0.431. The molecule has 1 aromatic rings. The van der Waals surface area contributed by atoms with E-state index in [1.807, 2.05) is 6.92 Å². The molecule has 0 aromatic carbocycles. The number of nitrogens with zero attached hydrogens (tertiary/aromatic N) is 2. The molecule has 0 atom stereocenters. The number of rotatable bonds is 7. The summed E-state index contributed by atoms with van der Waals surface area (Å²) in [5, 5.41) is 8.87. The fourth-order valence-corrected chi connectivity index (χ4v) is 1.75. The average molecular weight is 306 g/mol. The summed E-state index contributed by atoms with van der Waals surface area (Å²) in [4.78, 5) is 11.3. The van der Waals surface area contributed by atoms with E-state index in [9.17, 15) is 18.0 Å². The van der Waals surface area contributed by atoms with Gasteiger partial charge in [0.25, 0.3) is 0 Å². The van der Waals surface area contributed by atoms with Crippen LogP contribution in [0.3, 0.4) is 0 Å². The van der Waals surface area contributed by atoms with Gasteiger partial charge in [-0.1, -0.05) is 13.3 Å². The van der Waals surface area contributed by atoms with E-state index in [0.29, 0.717) is 31.7 Å². The molecule has 120 valence electrons. The number of hydrogen-bond donors (Lipinski definition) is 2. The van der Waals surface area contributed by atoms with E-state index in [1.165, 1.54) is 4.68 Å². The van der Waals surface area contributed by atoms with Gasteiger partial charge in [0.15, 0.2) is 5.69 Å². The molecule has 21 heavy (non-hydrogen) atoms. The van der Waals surface area contributed by atoms with E-state index in [0.717, 1.165) is 18.9 Å². The van der Waals surface area contributed by atoms with Crippen molar-refractivity contribution in [3.63, 3.8) is 0 Å². The summed E-state index contributed by atoms with van der Waals surface area (Å²) in [6.45, 7) is 4.94. The van der Waals surface area contributed by atoms with Crippen molar-refractivity contribution in [1.82, 2.24) is 20.4 Å². The minimum atomic E-state index is -4.42. The number of amides is 2. The van der Waals surface area contributed by atoms with Crippen molar-refractivity contribution in [2.75, 3.05) is 13.1 Å². The van der Waals surface area contributed by atoms with Gasteiger partial charge in [0.1, 0.15) is 0 Å². The minimum Gasteiger partial charge on any atom is -0.338 e. The van der Waals surface area contributed by atoms with Crippen LogP contribution in [0.15, 0.2) is 6.07 Å². The number of alkyl halides is 3. The molecule has 1 aromatic heterocycles. The second-order valence-corrected chi connectivity index (χ2v) is 4.78. The first-order valence-corrected chi connectivity index (χ1v) is 6.98. The van der Waals surface area contributed by atoms with Crippen LogP contribution in [0.25, 0.3) is 0 Å². The van der Waals surface area contributed by atoms with E-state index >= 15 is 0 Å². The predicted molar refractivity (Wildman–Crippen MR) is 72.9 cm³/mol. The molecule has 1 rings (SSSR count). The molecule has 0 aliphatic carbocycles. The van der Waals surface area contributed by atoms with Gasteiger partial charge in [0.2, 0.25) is 0 Å². The Balaban J connectivity index is 2.30. The lowest BCUT2D eigenvalue weighted by molar-refractivity contribution is -0.141. The SMILES string of the molecule is CCCCNC(=O)NCCCn1nc(C(F)(F)F)cc1C. The topological polar surface area (TPSA) is 59.0 Å². The maximum Gasteiger partial charge on any atom is 0.435 e. The molecule has 0 saturated carbocycles. The molecule has 1 heterocycles. The Hall–Kier alpha value is -1.73. The van der Waals surface area contributed by atoms with E-state index in [2.05, 4.69) is 15.7 Å². The van der Waals surface area contributed by atoms with Crippen LogP contribution in [-0.2, 0) is 12.7 Å². The summed E-state index contributed by atoms with van der Waals surface area (Å²) < 4.78 is 38.8. The summed E-state index contributed by atoms with van der Waals surface area (Å²) in [6.07, 6.45) is -1.99. The molecule has 0 spiro atoms. The standard InChI is InChI=1S/C13H21F3N4O/c1-3-4-6-17-12(21)18-7-5-8-20-10(2)9-11(19-20)13(14,15)16/h9H,3-8H2,1-2H3,(H2,17,18,21). The first-order chi connectivity index (χ1) is 9.84. The number of unbranched alkanes of at least 4 members (excludes halogenated alkanes) is 1. The fraction of sp³-hybridized carbons (Fsp3) is 0.692. The summed E-state index contributed by atoms with van der Waals surface area (Å²) in [5.74, 6) is 0. The quantitative estimate of drug-likeness (QED) is 0.761. The van der Waals surface area contributed by atoms with Gasteiger partial charge in [-0.2, -0.15) is 18.3 Å². The van der Waals surface area contributed by atoms with Crippen molar-refractivity contribution >= 4 is 6.03 Å². The molecule has 0 aliphatic heterocycles. The van der Waals surface area contributed by atoms with Crippen LogP contribution in [0.5, 0.6) is 0 Å². The number of nitrogens with one attached hydrogen (secondary N) is 2. The smallest absolute Gasteiger partial charge is 0.338 e. The molecule has 2 N–H and O–H groups in total. The van der Waals surface area contributed by atoms with Crippen molar-refractivity contribution in [1.29, 1.82) is 0 Å².